The molecule has 1 aromatic carbocycles. The number of tetrazole rings is 1. The fourth-order valence-corrected chi connectivity index (χ4v) is 2.14. The molecule has 5 heteroatoms. The van der Waals surface area contributed by atoms with E-state index < -0.39 is 0 Å². The molecule has 0 saturated heterocycles. The lowest BCUT2D eigenvalue weighted by Gasteiger charge is -2.15. The molecular formula is C13H19N5. The molecule has 1 atom stereocenters. The van der Waals surface area contributed by atoms with Crippen LogP contribution in [0.5, 0.6) is 0 Å². The predicted octanol–water partition coefficient (Wildman–Crippen LogP) is 2.67. The van der Waals surface area contributed by atoms with E-state index in [0.717, 1.165) is 36.3 Å². The molecular weight excluding hydrogens is 226 g/mol. The second-order valence-corrected chi connectivity index (χ2v) is 4.42. The van der Waals surface area contributed by atoms with Gasteiger partial charge in [-0.1, -0.05) is 32.4 Å². The maximum atomic E-state index is 5.80. The van der Waals surface area contributed by atoms with E-state index in [2.05, 4.69) is 29.4 Å². The molecule has 0 aliphatic heterocycles. The zero-order valence-electron chi connectivity index (χ0n) is 10.9. The third-order valence-electron chi connectivity index (χ3n) is 3.08. The number of nitrogens with zero attached hydrogens (tertiary/aromatic N) is 4. The van der Waals surface area contributed by atoms with Crippen LogP contribution < -0.4 is 5.73 Å². The van der Waals surface area contributed by atoms with E-state index in [1.807, 2.05) is 28.9 Å². The van der Waals surface area contributed by atoms with Crippen molar-refractivity contribution >= 4 is 5.69 Å². The average Bonchev–Trinajstić information content (AvgIpc) is 2.85. The van der Waals surface area contributed by atoms with Crippen molar-refractivity contribution in [3.8, 4) is 11.4 Å². The minimum atomic E-state index is 0.349. The summed E-state index contributed by atoms with van der Waals surface area (Å²) < 4.78 is 1.91. The van der Waals surface area contributed by atoms with Crippen molar-refractivity contribution < 1.29 is 0 Å². The van der Waals surface area contributed by atoms with Crippen LogP contribution in [0.25, 0.3) is 11.4 Å². The van der Waals surface area contributed by atoms with Gasteiger partial charge in [0.1, 0.15) is 0 Å². The summed E-state index contributed by atoms with van der Waals surface area (Å²) in [4.78, 5) is 0. The number of anilines is 1. The van der Waals surface area contributed by atoms with Gasteiger partial charge in [-0.15, -0.1) is 5.10 Å². The molecule has 0 saturated carbocycles. The minimum absolute atomic E-state index is 0.349. The lowest BCUT2D eigenvalue weighted by molar-refractivity contribution is 0.404. The van der Waals surface area contributed by atoms with Gasteiger partial charge in [-0.3, -0.25) is 0 Å². The fourth-order valence-electron chi connectivity index (χ4n) is 2.14. The Balaban J connectivity index is 2.38. The second-order valence-electron chi connectivity index (χ2n) is 4.42. The van der Waals surface area contributed by atoms with E-state index in [0.29, 0.717) is 6.04 Å². The third kappa shape index (κ3) is 2.50. The van der Waals surface area contributed by atoms with Gasteiger partial charge in [0, 0.05) is 11.3 Å². The number of aromatic nitrogens is 4. The topological polar surface area (TPSA) is 69.6 Å². The molecule has 5 nitrogen and oxygen atoms in total. The first-order valence-electron chi connectivity index (χ1n) is 6.40. The van der Waals surface area contributed by atoms with Gasteiger partial charge >= 0.3 is 0 Å². The van der Waals surface area contributed by atoms with Crippen molar-refractivity contribution in [1.82, 2.24) is 20.2 Å². The lowest BCUT2D eigenvalue weighted by Crippen LogP contribution is -2.11. The highest BCUT2D eigenvalue weighted by atomic mass is 15.5. The second kappa shape index (κ2) is 5.62. The Morgan fingerprint density at radius 3 is 2.83 bits per heavy atom. The van der Waals surface area contributed by atoms with Gasteiger partial charge in [0.15, 0.2) is 5.82 Å². The maximum absolute atomic E-state index is 5.80. The molecule has 1 unspecified atom stereocenters. The Bertz CT molecular complexity index is 506. The van der Waals surface area contributed by atoms with Gasteiger partial charge in [0.25, 0.3) is 0 Å². The van der Waals surface area contributed by atoms with Crippen molar-refractivity contribution in [3.05, 3.63) is 24.3 Å². The smallest absolute Gasteiger partial charge is 0.182 e. The predicted molar refractivity (Wildman–Crippen MR) is 71.9 cm³/mol. The molecule has 0 radical (unpaired) electrons. The molecule has 1 aromatic heterocycles. The van der Waals surface area contributed by atoms with Crippen LogP contribution in [0.3, 0.4) is 0 Å². The molecule has 96 valence electrons. The van der Waals surface area contributed by atoms with E-state index >= 15 is 0 Å². The van der Waals surface area contributed by atoms with Crippen molar-refractivity contribution in [2.24, 2.45) is 0 Å². The summed E-state index contributed by atoms with van der Waals surface area (Å²) in [5.41, 5.74) is 7.50. The molecule has 2 rings (SSSR count). The van der Waals surface area contributed by atoms with Gasteiger partial charge in [-0.05, 0) is 35.4 Å². The van der Waals surface area contributed by atoms with Gasteiger partial charge in [0.05, 0.1) is 6.04 Å². The van der Waals surface area contributed by atoms with Crippen molar-refractivity contribution in [2.45, 2.75) is 39.2 Å². The number of nitrogen functional groups attached to an aromatic ring is 1. The monoisotopic (exact) mass is 245 g/mol. The van der Waals surface area contributed by atoms with E-state index in [9.17, 15) is 0 Å². The Hall–Kier alpha value is -1.91. The van der Waals surface area contributed by atoms with Crippen molar-refractivity contribution in [1.29, 1.82) is 0 Å². The molecule has 0 aliphatic carbocycles. The van der Waals surface area contributed by atoms with E-state index in [4.69, 9.17) is 5.73 Å². The van der Waals surface area contributed by atoms with Gasteiger partial charge in [-0.25, -0.2) is 4.68 Å². The Labute approximate surface area is 107 Å². The van der Waals surface area contributed by atoms with Crippen LogP contribution in [0.2, 0.25) is 0 Å². The van der Waals surface area contributed by atoms with Gasteiger partial charge in [-0.2, -0.15) is 0 Å². The van der Waals surface area contributed by atoms with Crippen LogP contribution in [0, 0.1) is 0 Å². The third-order valence-corrected chi connectivity index (χ3v) is 3.08. The normalized spacial score (nSPS) is 12.6. The Morgan fingerprint density at radius 2 is 2.17 bits per heavy atom. The highest BCUT2D eigenvalue weighted by Crippen LogP contribution is 2.24. The maximum Gasteiger partial charge on any atom is 0.182 e. The Morgan fingerprint density at radius 1 is 1.33 bits per heavy atom. The number of rotatable bonds is 5. The minimum Gasteiger partial charge on any atom is -0.399 e. The highest BCUT2D eigenvalue weighted by Gasteiger charge is 2.16. The van der Waals surface area contributed by atoms with Crippen LogP contribution in [0.4, 0.5) is 5.69 Å². The summed E-state index contributed by atoms with van der Waals surface area (Å²) in [6, 6.07) is 8.02. The summed E-state index contributed by atoms with van der Waals surface area (Å²) in [6.07, 6.45) is 3.22. The lowest BCUT2D eigenvalue weighted by atomic mass is 10.1. The SMILES string of the molecule is CCCC(CC)n1nnnc1-c1cccc(N)c1. The zero-order chi connectivity index (χ0) is 13.0. The van der Waals surface area contributed by atoms with Crippen LogP contribution in [0.1, 0.15) is 39.2 Å². The van der Waals surface area contributed by atoms with E-state index in [1.165, 1.54) is 0 Å². The number of hydrogen-bond acceptors (Lipinski definition) is 4. The quantitative estimate of drug-likeness (QED) is 0.822. The van der Waals surface area contributed by atoms with Gasteiger partial charge < -0.3 is 5.73 Å². The van der Waals surface area contributed by atoms with E-state index in [1.54, 1.807) is 0 Å². The molecule has 1 heterocycles. The van der Waals surface area contributed by atoms with Crippen LogP contribution >= 0.6 is 0 Å². The van der Waals surface area contributed by atoms with Crippen LogP contribution in [0.15, 0.2) is 24.3 Å². The average molecular weight is 245 g/mol. The summed E-state index contributed by atoms with van der Waals surface area (Å²) in [7, 11) is 0. The molecule has 0 aliphatic rings. The number of hydrogen-bond donors (Lipinski definition) is 1. The van der Waals surface area contributed by atoms with Crippen LogP contribution in [-0.4, -0.2) is 20.2 Å². The molecule has 0 bridgehead atoms. The van der Waals surface area contributed by atoms with Crippen molar-refractivity contribution in [3.63, 3.8) is 0 Å². The first-order chi connectivity index (χ1) is 8.76. The van der Waals surface area contributed by atoms with Crippen molar-refractivity contribution in [2.75, 3.05) is 5.73 Å². The zero-order valence-corrected chi connectivity index (χ0v) is 10.9. The summed E-state index contributed by atoms with van der Waals surface area (Å²) in [5, 5.41) is 12.1. The molecule has 0 fully saturated rings. The first kappa shape index (κ1) is 12.5. The summed E-state index contributed by atoms with van der Waals surface area (Å²) in [5.74, 6) is 0.794. The fraction of sp³-hybridized carbons (Fsp3) is 0.462. The van der Waals surface area contributed by atoms with Gasteiger partial charge in [0.2, 0.25) is 0 Å². The largest absolute Gasteiger partial charge is 0.399 e. The molecule has 2 N–H and O–H groups in total. The first-order valence-corrected chi connectivity index (χ1v) is 6.40. The van der Waals surface area contributed by atoms with E-state index in [-0.39, 0.29) is 0 Å². The summed E-state index contributed by atoms with van der Waals surface area (Å²) >= 11 is 0. The van der Waals surface area contributed by atoms with Crippen LogP contribution in [-0.2, 0) is 0 Å². The standard InChI is InChI=1S/C13H19N5/c1-3-6-12(4-2)18-13(15-16-17-18)10-7-5-8-11(14)9-10/h5,7-9,12H,3-4,6,14H2,1-2H3. The molecule has 2 aromatic rings. The Kier molecular flexibility index (Phi) is 3.92. The number of benzene rings is 1. The number of nitrogens with two attached hydrogens (primary N) is 1. The molecule has 0 amide bonds. The highest BCUT2D eigenvalue weighted by molar-refractivity contribution is 5.60. The molecule has 0 spiro atoms. The summed E-state index contributed by atoms with van der Waals surface area (Å²) in [6.45, 7) is 4.33. The molecule has 18 heavy (non-hydrogen) atoms.